The largest absolute Gasteiger partial charge is 0.375 e. The Balaban J connectivity index is 2.03. The van der Waals surface area contributed by atoms with E-state index in [1.807, 2.05) is 0 Å². The summed E-state index contributed by atoms with van der Waals surface area (Å²) in [4.78, 5) is 6.79. The van der Waals surface area contributed by atoms with E-state index >= 15 is 0 Å². The number of aryl methyl sites for hydroxylation is 1. The van der Waals surface area contributed by atoms with Crippen LogP contribution in [0.4, 0.5) is 5.69 Å². The van der Waals surface area contributed by atoms with E-state index in [0.717, 1.165) is 26.0 Å². The summed E-state index contributed by atoms with van der Waals surface area (Å²) >= 11 is 0. The molecule has 0 saturated carbocycles. The number of anilines is 1. The van der Waals surface area contributed by atoms with Crippen LogP contribution >= 0.6 is 0 Å². The molecule has 1 atom stereocenters. The van der Waals surface area contributed by atoms with Crippen molar-refractivity contribution in [3.8, 4) is 0 Å². The molecule has 1 unspecified atom stereocenters. The molecule has 1 aromatic rings. The molecule has 4 heteroatoms. The first-order valence-electron chi connectivity index (χ1n) is 7.23. The molecule has 1 saturated heterocycles. The summed E-state index contributed by atoms with van der Waals surface area (Å²) in [5.74, 6) is 0.636. The smallest absolute Gasteiger partial charge is 0.196 e. The molecule has 0 radical (unpaired) electrons. The SMILES string of the molecule is Cc1ccccc1N1C(N)=NCC12CCOC(C)(C)C2. The van der Waals surface area contributed by atoms with Crippen molar-refractivity contribution in [2.45, 2.75) is 44.8 Å². The molecule has 1 fully saturated rings. The Labute approximate surface area is 120 Å². The monoisotopic (exact) mass is 273 g/mol. The van der Waals surface area contributed by atoms with Gasteiger partial charge in [0.05, 0.1) is 17.7 Å². The van der Waals surface area contributed by atoms with Gasteiger partial charge in [-0.3, -0.25) is 4.99 Å². The maximum absolute atomic E-state index is 6.21. The number of rotatable bonds is 1. The van der Waals surface area contributed by atoms with Crippen molar-refractivity contribution in [3.63, 3.8) is 0 Å². The van der Waals surface area contributed by atoms with Gasteiger partial charge in [-0.2, -0.15) is 0 Å². The topological polar surface area (TPSA) is 50.8 Å². The van der Waals surface area contributed by atoms with E-state index in [2.05, 4.69) is 54.9 Å². The number of guanidine groups is 1. The van der Waals surface area contributed by atoms with E-state index in [-0.39, 0.29) is 11.1 Å². The lowest BCUT2D eigenvalue weighted by atomic mass is 9.80. The van der Waals surface area contributed by atoms with Gasteiger partial charge in [-0.25, -0.2) is 0 Å². The van der Waals surface area contributed by atoms with E-state index in [9.17, 15) is 0 Å². The Morgan fingerprint density at radius 3 is 2.75 bits per heavy atom. The average Bonchev–Trinajstić information content (AvgIpc) is 2.66. The normalized spacial score (nSPS) is 28.8. The van der Waals surface area contributed by atoms with Gasteiger partial charge in [-0.05, 0) is 38.8 Å². The third-order valence-corrected chi connectivity index (χ3v) is 4.41. The molecular formula is C16H23N3O. The summed E-state index contributed by atoms with van der Waals surface area (Å²) < 4.78 is 5.88. The summed E-state index contributed by atoms with van der Waals surface area (Å²) in [7, 11) is 0. The van der Waals surface area contributed by atoms with Crippen molar-refractivity contribution in [2.24, 2.45) is 10.7 Å². The molecule has 4 nitrogen and oxygen atoms in total. The summed E-state index contributed by atoms with van der Waals surface area (Å²) in [6.07, 6.45) is 1.91. The number of aliphatic imine (C=N–C) groups is 1. The van der Waals surface area contributed by atoms with Gasteiger partial charge in [0.1, 0.15) is 0 Å². The highest BCUT2D eigenvalue weighted by atomic mass is 16.5. The van der Waals surface area contributed by atoms with Crippen LogP contribution < -0.4 is 10.6 Å². The average molecular weight is 273 g/mol. The molecule has 0 amide bonds. The van der Waals surface area contributed by atoms with Gasteiger partial charge in [-0.1, -0.05) is 18.2 Å². The van der Waals surface area contributed by atoms with Crippen LogP contribution in [0.5, 0.6) is 0 Å². The minimum atomic E-state index is -0.126. The first-order chi connectivity index (χ1) is 9.44. The van der Waals surface area contributed by atoms with Crippen molar-refractivity contribution in [3.05, 3.63) is 29.8 Å². The van der Waals surface area contributed by atoms with Crippen LogP contribution in [0, 0.1) is 6.92 Å². The molecule has 108 valence electrons. The van der Waals surface area contributed by atoms with Crippen LogP contribution in [-0.4, -0.2) is 30.3 Å². The second kappa shape index (κ2) is 4.48. The maximum Gasteiger partial charge on any atom is 0.196 e. The van der Waals surface area contributed by atoms with Crippen molar-refractivity contribution in [1.82, 2.24) is 0 Å². The lowest BCUT2D eigenvalue weighted by Crippen LogP contribution is -2.58. The molecule has 2 heterocycles. The van der Waals surface area contributed by atoms with Gasteiger partial charge < -0.3 is 15.4 Å². The summed E-state index contributed by atoms with van der Waals surface area (Å²) in [6, 6.07) is 8.38. The van der Waals surface area contributed by atoms with Crippen molar-refractivity contribution < 1.29 is 4.74 Å². The number of hydrogen-bond acceptors (Lipinski definition) is 4. The Morgan fingerprint density at radius 1 is 1.30 bits per heavy atom. The molecular weight excluding hydrogens is 250 g/mol. The highest BCUT2D eigenvalue weighted by Gasteiger charge is 2.49. The molecule has 3 rings (SSSR count). The lowest BCUT2D eigenvalue weighted by molar-refractivity contribution is -0.0758. The Hall–Kier alpha value is -1.55. The summed E-state index contributed by atoms with van der Waals surface area (Å²) in [6.45, 7) is 7.95. The predicted octanol–water partition coefficient (Wildman–Crippen LogP) is 2.46. The zero-order valence-electron chi connectivity index (χ0n) is 12.5. The van der Waals surface area contributed by atoms with E-state index in [4.69, 9.17) is 10.5 Å². The number of ether oxygens (including phenoxy) is 1. The number of nitrogens with two attached hydrogens (primary N) is 1. The van der Waals surface area contributed by atoms with Crippen LogP contribution in [0.1, 0.15) is 32.3 Å². The van der Waals surface area contributed by atoms with E-state index in [1.54, 1.807) is 0 Å². The number of para-hydroxylation sites is 1. The molecule has 0 aromatic heterocycles. The van der Waals surface area contributed by atoms with Crippen LogP contribution in [0.3, 0.4) is 0 Å². The molecule has 2 aliphatic rings. The quantitative estimate of drug-likeness (QED) is 0.855. The highest BCUT2D eigenvalue weighted by molar-refractivity contribution is 5.99. The molecule has 1 aromatic carbocycles. The van der Waals surface area contributed by atoms with Crippen molar-refractivity contribution >= 4 is 11.6 Å². The van der Waals surface area contributed by atoms with Crippen molar-refractivity contribution in [1.29, 1.82) is 0 Å². The maximum atomic E-state index is 6.21. The minimum Gasteiger partial charge on any atom is -0.375 e. The van der Waals surface area contributed by atoms with E-state index < -0.39 is 0 Å². The molecule has 2 aliphatic heterocycles. The van der Waals surface area contributed by atoms with Crippen LogP contribution in [0.15, 0.2) is 29.3 Å². The zero-order valence-corrected chi connectivity index (χ0v) is 12.5. The first-order valence-corrected chi connectivity index (χ1v) is 7.23. The molecule has 0 aliphatic carbocycles. The third-order valence-electron chi connectivity index (χ3n) is 4.41. The fourth-order valence-corrected chi connectivity index (χ4v) is 3.58. The summed E-state index contributed by atoms with van der Waals surface area (Å²) in [5.41, 5.74) is 8.46. The standard InChI is InChI=1S/C16H23N3O/c1-12-6-4-5-7-13(12)19-14(17)18-11-16(19)8-9-20-15(2,3)10-16/h4-7H,8-11H2,1-3H3,(H2,17,18). The fourth-order valence-electron chi connectivity index (χ4n) is 3.58. The van der Waals surface area contributed by atoms with Gasteiger partial charge in [0.2, 0.25) is 0 Å². The van der Waals surface area contributed by atoms with E-state index in [1.165, 1.54) is 11.3 Å². The number of nitrogens with zero attached hydrogens (tertiary/aromatic N) is 2. The zero-order chi connectivity index (χ0) is 14.4. The number of benzene rings is 1. The molecule has 1 spiro atoms. The highest BCUT2D eigenvalue weighted by Crippen LogP contribution is 2.42. The Morgan fingerprint density at radius 2 is 2.05 bits per heavy atom. The van der Waals surface area contributed by atoms with Crippen LogP contribution in [0.2, 0.25) is 0 Å². The molecule has 20 heavy (non-hydrogen) atoms. The van der Waals surface area contributed by atoms with Gasteiger partial charge >= 0.3 is 0 Å². The van der Waals surface area contributed by atoms with Crippen molar-refractivity contribution in [2.75, 3.05) is 18.1 Å². The minimum absolute atomic E-state index is 0.0298. The van der Waals surface area contributed by atoms with Crippen LogP contribution in [-0.2, 0) is 4.74 Å². The second-order valence-electron chi connectivity index (χ2n) is 6.56. The Kier molecular flexibility index (Phi) is 3.01. The number of hydrogen-bond donors (Lipinski definition) is 1. The van der Waals surface area contributed by atoms with E-state index in [0.29, 0.717) is 5.96 Å². The predicted molar refractivity (Wildman–Crippen MR) is 82.1 cm³/mol. The second-order valence-corrected chi connectivity index (χ2v) is 6.56. The molecule has 0 bridgehead atoms. The van der Waals surface area contributed by atoms with Crippen LogP contribution in [0.25, 0.3) is 0 Å². The van der Waals surface area contributed by atoms with Gasteiger partial charge in [0, 0.05) is 18.7 Å². The van der Waals surface area contributed by atoms with Gasteiger partial charge in [0.25, 0.3) is 0 Å². The van der Waals surface area contributed by atoms with Gasteiger partial charge in [-0.15, -0.1) is 0 Å². The summed E-state index contributed by atoms with van der Waals surface area (Å²) in [5, 5.41) is 0. The lowest BCUT2D eigenvalue weighted by Gasteiger charge is -2.48. The third kappa shape index (κ3) is 2.08. The first kappa shape index (κ1) is 13.4. The van der Waals surface area contributed by atoms with Gasteiger partial charge in [0.15, 0.2) is 5.96 Å². The fraction of sp³-hybridized carbons (Fsp3) is 0.562. The Bertz CT molecular complexity index is 552. The molecule has 2 N–H and O–H groups in total.